The summed E-state index contributed by atoms with van der Waals surface area (Å²) in [6.45, 7) is 9.62. The highest BCUT2D eigenvalue weighted by Crippen LogP contribution is 2.21. The quantitative estimate of drug-likeness (QED) is 0.529. The van der Waals surface area contributed by atoms with Crippen LogP contribution in [-0.2, 0) is 4.79 Å². The van der Waals surface area contributed by atoms with Gasteiger partial charge in [-0.05, 0) is 19.0 Å². The number of aliphatic hydroxyl groups excluding tert-OH is 1. The van der Waals surface area contributed by atoms with Crippen LogP contribution in [0.1, 0.15) is 13.8 Å². The first-order chi connectivity index (χ1) is 5.68. The fraction of sp³-hybridized carbons (Fsp3) is 0.667. The van der Waals surface area contributed by atoms with Crippen molar-refractivity contribution in [1.29, 1.82) is 0 Å². The highest BCUT2D eigenvalue weighted by Gasteiger charge is 2.26. The Morgan fingerprint density at radius 3 is 1.85 bits per heavy atom. The van der Waals surface area contributed by atoms with E-state index in [-0.39, 0.29) is 0 Å². The second-order valence-electron chi connectivity index (χ2n) is 4.33. The van der Waals surface area contributed by atoms with Crippen LogP contribution in [0.4, 0.5) is 0 Å². The number of hydrogen-bond donors (Lipinski definition) is 2. The Morgan fingerprint density at radius 1 is 1.38 bits per heavy atom. The van der Waals surface area contributed by atoms with Crippen molar-refractivity contribution in [3.8, 4) is 0 Å². The van der Waals surface area contributed by atoms with E-state index < -0.39 is 20.1 Å². The van der Waals surface area contributed by atoms with E-state index in [1.807, 2.05) is 0 Å². The van der Waals surface area contributed by atoms with Crippen LogP contribution < -0.4 is 5.73 Å². The van der Waals surface area contributed by atoms with E-state index >= 15 is 0 Å². The van der Waals surface area contributed by atoms with Gasteiger partial charge in [-0.2, -0.15) is 0 Å². The second-order valence-corrected chi connectivity index (χ2v) is 9.37. The van der Waals surface area contributed by atoms with Gasteiger partial charge < -0.3 is 10.8 Å². The van der Waals surface area contributed by atoms with E-state index in [4.69, 9.17) is 5.73 Å². The Kier molecular flexibility index (Phi) is 3.87. The van der Waals surface area contributed by atoms with E-state index in [1.54, 1.807) is 13.8 Å². The molecular weight excluding hydrogens is 182 g/mol. The van der Waals surface area contributed by atoms with Crippen LogP contribution in [-0.4, -0.2) is 25.2 Å². The molecule has 0 radical (unpaired) electrons. The minimum absolute atomic E-state index is 0.432. The topological polar surface area (TPSA) is 63.3 Å². The molecule has 76 valence electrons. The van der Waals surface area contributed by atoms with Gasteiger partial charge in [-0.1, -0.05) is 19.6 Å². The fourth-order valence-electron chi connectivity index (χ4n) is 1.64. The van der Waals surface area contributed by atoms with Crippen molar-refractivity contribution >= 4 is 14.0 Å². The maximum absolute atomic E-state index is 11.0. The zero-order chi connectivity index (χ0) is 10.8. The zero-order valence-electron chi connectivity index (χ0n) is 9.01. The summed E-state index contributed by atoms with van der Waals surface area (Å²) >= 11 is 0. The summed E-state index contributed by atoms with van der Waals surface area (Å²) in [6, 6.07) is 0. The number of primary amides is 1. The molecule has 3 N–H and O–H groups in total. The van der Waals surface area contributed by atoms with Crippen LogP contribution in [0.5, 0.6) is 0 Å². The van der Waals surface area contributed by atoms with Gasteiger partial charge in [0.15, 0.2) is 0 Å². The predicted octanol–water partition coefficient (Wildman–Crippen LogP) is 1.05. The van der Waals surface area contributed by atoms with Crippen molar-refractivity contribution in [2.24, 2.45) is 5.73 Å². The molecule has 0 aromatic rings. The Hall–Kier alpha value is -0.613. The molecule has 0 saturated heterocycles. The van der Waals surface area contributed by atoms with Crippen molar-refractivity contribution in [3.05, 3.63) is 10.8 Å². The minimum Gasteiger partial charge on any atom is -0.389 e. The number of hydrogen-bond acceptors (Lipinski definition) is 2. The van der Waals surface area contributed by atoms with Gasteiger partial charge >= 0.3 is 0 Å². The first-order valence-electron chi connectivity index (χ1n) is 4.37. The summed E-state index contributed by atoms with van der Waals surface area (Å²) in [5.41, 5.74) is 5.71. The van der Waals surface area contributed by atoms with Gasteiger partial charge in [-0.3, -0.25) is 4.79 Å². The van der Waals surface area contributed by atoms with Crippen LogP contribution >= 0.6 is 0 Å². The molecular formula is C9H19NO2Si. The third-order valence-corrected chi connectivity index (χ3v) is 4.41. The summed E-state index contributed by atoms with van der Waals surface area (Å²) in [5, 5.41) is 10.4. The van der Waals surface area contributed by atoms with Crippen LogP contribution in [0.25, 0.3) is 0 Å². The SMILES string of the molecule is C/C(C(N)=O)=C(/C(C)O)[Si](C)(C)C. The Balaban J connectivity index is 5.26. The van der Waals surface area contributed by atoms with Gasteiger partial charge in [0.2, 0.25) is 5.91 Å². The van der Waals surface area contributed by atoms with Crippen LogP contribution in [0.15, 0.2) is 10.8 Å². The predicted molar refractivity (Wildman–Crippen MR) is 56.9 cm³/mol. The minimum atomic E-state index is -1.65. The molecule has 1 amide bonds. The molecule has 0 spiro atoms. The van der Waals surface area contributed by atoms with Gasteiger partial charge in [0.05, 0.1) is 14.2 Å². The second kappa shape index (κ2) is 4.06. The van der Waals surface area contributed by atoms with E-state index in [1.165, 1.54) is 0 Å². The highest BCUT2D eigenvalue weighted by molar-refractivity contribution is 6.83. The Labute approximate surface area is 80.6 Å². The number of rotatable bonds is 3. The van der Waals surface area contributed by atoms with Crippen LogP contribution in [0.3, 0.4) is 0 Å². The molecule has 0 rings (SSSR count). The summed E-state index contributed by atoms with van der Waals surface area (Å²) in [5.74, 6) is -0.432. The van der Waals surface area contributed by atoms with E-state index in [0.29, 0.717) is 5.57 Å². The van der Waals surface area contributed by atoms with Crippen molar-refractivity contribution in [2.45, 2.75) is 39.6 Å². The number of carbonyl (C=O) groups excluding carboxylic acids is 1. The molecule has 0 heterocycles. The van der Waals surface area contributed by atoms with E-state index in [2.05, 4.69) is 19.6 Å². The zero-order valence-corrected chi connectivity index (χ0v) is 10.0. The molecule has 13 heavy (non-hydrogen) atoms. The van der Waals surface area contributed by atoms with Crippen molar-refractivity contribution in [3.63, 3.8) is 0 Å². The molecule has 0 aromatic carbocycles. The summed E-state index contributed by atoms with van der Waals surface area (Å²) in [4.78, 5) is 11.0. The number of nitrogens with two attached hydrogens (primary N) is 1. The lowest BCUT2D eigenvalue weighted by atomic mass is 10.2. The van der Waals surface area contributed by atoms with Gasteiger partial charge in [0, 0.05) is 5.57 Å². The van der Waals surface area contributed by atoms with Crippen molar-refractivity contribution in [1.82, 2.24) is 0 Å². The monoisotopic (exact) mass is 201 g/mol. The standard InChI is InChI=1S/C9H19NO2Si/c1-6(9(10)12)8(7(2)11)13(3,4)5/h7,11H,1-5H3,(H2,10,12)/b8-6+. The van der Waals surface area contributed by atoms with Crippen LogP contribution in [0.2, 0.25) is 19.6 Å². The van der Waals surface area contributed by atoms with Gasteiger partial charge in [0.1, 0.15) is 0 Å². The number of carbonyl (C=O) groups is 1. The summed E-state index contributed by atoms with van der Waals surface area (Å²) in [6.07, 6.45) is -0.570. The lowest BCUT2D eigenvalue weighted by molar-refractivity contribution is -0.114. The summed E-state index contributed by atoms with van der Waals surface area (Å²) < 4.78 is 0. The average Bonchev–Trinajstić information content (AvgIpc) is 1.82. The molecule has 0 aliphatic heterocycles. The molecule has 3 nitrogen and oxygen atoms in total. The van der Waals surface area contributed by atoms with Gasteiger partial charge in [-0.15, -0.1) is 0 Å². The average molecular weight is 201 g/mol. The highest BCUT2D eigenvalue weighted by atomic mass is 28.3. The maximum Gasteiger partial charge on any atom is 0.243 e. The lowest BCUT2D eigenvalue weighted by Crippen LogP contribution is -2.34. The van der Waals surface area contributed by atoms with Gasteiger partial charge in [0.25, 0.3) is 0 Å². The molecule has 1 unspecified atom stereocenters. The Morgan fingerprint density at radius 2 is 1.77 bits per heavy atom. The van der Waals surface area contributed by atoms with Crippen molar-refractivity contribution in [2.75, 3.05) is 0 Å². The Bertz CT molecular complexity index is 238. The first kappa shape index (κ1) is 12.4. The third-order valence-electron chi connectivity index (χ3n) is 2.00. The molecule has 0 fully saturated rings. The maximum atomic E-state index is 11.0. The molecule has 0 saturated carbocycles. The molecule has 0 aliphatic rings. The largest absolute Gasteiger partial charge is 0.389 e. The smallest absolute Gasteiger partial charge is 0.243 e. The molecule has 0 aromatic heterocycles. The fourth-order valence-corrected chi connectivity index (χ4v) is 4.14. The number of amides is 1. The summed E-state index contributed by atoms with van der Waals surface area (Å²) in [7, 11) is -1.65. The molecule has 0 bridgehead atoms. The molecule has 1 atom stereocenters. The molecule has 0 aliphatic carbocycles. The van der Waals surface area contributed by atoms with Crippen LogP contribution in [0, 0.1) is 0 Å². The van der Waals surface area contributed by atoms with E-state index in [0.717, 1.165) is 5.20 Å². The van der Waals surface area contributed by atoms with Crippen molar-refractivity contribution < 1.29 is 9.90 Å². The lowest BCUT2D eigenvalue weighted by Gasteiger charge is -2.25. The van der Waals surface area contributed by atoms with E-state index in [9.17, 15) is 9.90 Å². The van der Waals surface area contributed by atoms with Gasteiger partial charge in [-0.25, -0.2) is 0 Å². The molecule has 4 heteroatoms. The third kappa shape index (κ3) is 3.32. The normalized spacial score (nSPS) is 16.5. The first-order valence-corrected chi connectivity index (χ1v) is 7.87. The number of aliphatic hydroxyl groups is 1.